The minimum absolute atomic E-state index is 0.259. The second kappa shape index (κ2) is 8.87. The lowest BCUT2D eigenvalue weighted by molar-refractivity contribution is -0.122. The van der Waals surface area contributed by atoms with Gasteiger partial charge >= 0.3 is 5.97 Å². The van der Waals surface area contributed by atoms with E-state index in [2.05, 4.69) is 12.2 Å². The van der Waals surface area contributed by atoms with Crippen LogP contribution >= 0.6 is 0 Å². The first-order valence-corrected chi connectivity index (χ1v) is 8.37. The average Bonchev–Trinajstić information content (AvgIpc) is 2.62. The van der Waals surface area contributed by atoms with Crippen molar-refractivity contribution >= 4 is 17.6 Å². The van der Waals surface area contributed by atoms with Crippen molar-refractivity contribution in [1.82, 2.24) is 0 Å². The predicted octanol–water partition coefficient (Wildman–Crippen LogP) is 3.83. The number of nitrogens with one attached hydrogen (secondary N) is 1. The zero-order valence-electron chi connectivity index (χ0n) is 14.7. The van der Waals surface area contributed by atoms with Crippen molar-refractivity contribution in [2.75, 3.05) is 11.9 Å². The molecule has 2 rings (SSSR count). The zero-order chi connectivity index (χ0) is 18.2. The smallest absolute Gasteiger partial charge is 0.338 e. The third-order valence-electron chi connectivity index (χ3n) is 3.66. The highest BCUT2D eigenvalue weighted by molar-refractivity contribution is 5.94. The molecule has 0 saturated carbocycles. The maximum absolute atomic E-state index is 12.3. The number of hydrogen-bond donors (Lipinski definition) is 1. The first kappa shape index (κ1) is 18.5. The average molecular weight is 341 g/mol. The first-order valence-electron chi connectivity index (χ1n) is 8.37. The molecule has 2 aromatic carbocycles. The highest BCUT2D eigenvalue weighted by Crippen LogP contribution is 2.17. The Morgan fingerprint density at radius 1 is 1.08 bits per heavy atom. The number of carbonyl (C=O) groups excluding carboxylic acids is 2. The Morgan fingerprint density at radius 3 is 2.44 bits per heavy atom. The Morgan fingerprint density at radius 2 is 1.80 bits per heavy atom. The Hall–Kier alpha value is -2.82. The van der Waals surface area contributed by atoms with Crippen LogP contribution in [0.25, 0.3) is 0 Å². The summed E-state index contributed by atoms with van der Waals surface area (Å²) < 4.78 is 10.6. The highest BCUT2D eigenvalue weighted by atomic mass is 16.5. The fourth-order valence-corrected chi connectivity index (χ4v) is 2.24. The number of ether oxygens (including phenoxy) is 2. The van der Waals surface area contributed by atoms with E-state index in [9.17, 15) is 9.59 Å². The minimum atomic E-state index is -0.705. The lowest BCUT2D eigenvalue weighted by Gasteiger charge is -2.15. The summed E-state index contributed by atoms with van der Waals surface area (Å²) in [5, 5.41) is 2.82. The molecule has 0 unspecified atom stereocenters. The van der Waals surface area contributed by atoms with Crippen LogP contribution in [0.2, 0.25) is 0 Å². The second-order valence-corrected chi connectivity index (χ2v) is 5.55. The molecule has 1 atom stereocenters. The van der Waals surface area contributed by atoms with Crippen molar-refractivity contribution in [3.63, 3.8) is 0 Å². The molecule has 0 aromatic heterocycles. The zero-order valence-corrected chi connectivity index (χ0v) is 14.7. The molecule has 0 spiro atoms. The molecule has 0 bridgehead atoms. The number of anilines is 1. The fraction of sp³-hybridized carbons (Fsp3) is 0.300. The van der Waals surface area contributed by atoms with Gasteiger partial charge in [-0.25, -0.2) is 4.79 Å². The van der Waals surface area contributed by atoms with E-state index in [0.717, 1.165) is 12.1 Å². The van der Waals surface area contributed by atoms with Crippen molar-refractivity contribution < 1.29 is 19.1 Å². The standard InChI is InChI=1S/C20H23NO4/c1-4-15-9-11-17(12-10-15)21-19(22)14(3)25-18-8-6-7-16(13-18)20(23)24-5-2/h6-14H,4-5H2,1-3H3,(H,21,22)/t14-/m0/s1. The SMILES string of the molecule is CCOC(=O)c1cccc(O[C@@H](C)C(=O)Nc2ccc(CC)cc2)c1. The molecule has 0 saturated heterocycles. The summed E-state index contributed by atoms with van der Waals surface area (Å²) in [6, 6.07) is 14.3. The van der Waals surface area contributed by atoms with Gasteiger partial charge in [0.1, 0.15) is 5.75 Å². The molecule has 1 amide bonds. The summed E-state index contributed by atoms with van der Waals surface area (Å²) in [4.78, 5) is 24.0. The molecule has 0 radical (unpaired) electrons. The molecule has 0 aliphatic rings. The van der Waals surface area contributed by atoms with Crippen LogP contribution in [0, 0.1) is 0 Å². The first-order chi connectivity index (χ1) is 12.0. The summed E-state index contributed by atoms with van der Waals surface area (Å²) in [5.41, 5.74) is 2.32. The van der Waals surface area contributed by atoms with Crippen LogP contribution in [-0.2, 0) is 16.0 Å². The molecule has 0 aliphatic heterocycles. The minimum Gasteiger partial charge on any atom is -0.481 e. The molecular weight excluding hydrogens is 318 g/mol. The van der Waals surface area contributed by atoms with Gasteiger partial charge in [-0.05, 0) is 56.2 Å². The van der Waals surface area contributed by atoms with Gasteiger partial charge in [0, 0.05) is 5.69 Å². The van der Waals surface area contributed by atoms with Gasteiger partial charge in [0.2, 0.25) is 0 Å². The van der Waals surface area contributed by atoms with E-state index >= 15 is 0 Å². The Labute approximate surface area is 148 Å². The van der Waals surface area contributed by atoms with E-state index in [4.69, 9.17) is 9.47 Å². The molecule has 1 N–H and O–H groups in total. The molecule has 5 heteroatoms. The summed E-state index contributed by atoms with van der Waals surface area (Å²) >= 11 is 0. The van der Waals surface area contributed by atoms with Gasteiger partial charge in [-0.1, -0.05) is 25.1 Å². The van der Waals surface area contributed by atoms with Crippen molar-refractivity contribution in [3.8, 4) is 5.75 Å². The molecule has 0 heterocycles. The summed E-state index contributed by atoms with van der Waals surface area (Å²) in [5.74, 6) is -0.235. The van der Waals surface area contributed by atoms with Gasteiger partial charge in [0.15, 0.2) is 6.10 Å². The van der Waals surface area contributed by atoms with Crippen LogP contribution < -0.4 is 10.1 Å². The van der Waals surface area contributed by atoms with Crippen LogP contribution in [0.5, 0.6) is 5.75 Å². The van der Waals surface area contributed by atoms with Crippen molar-refractivity contribution in [1.29, 1.82) is 0 Å². The van der Waals surface area contributed by atoms with Crippen molar-refractivity contribution in [3.05, 3.63) is 59.7 Å². The second-order valence-electron chi connectivity index (χ2n) is 5.55. The van der Waals surface area contributed by atoms with E-state index in [0.29, 0.717) is 17.9 Å². The number of aryl methyl sites for hydroxylation is 1. The number of carbonyl (C=O) groups is 2. The van der Waals surface area contributed by atoms with E-state index in [1.807, 2.05) is 24.3 Å². The predicted molar refractivity (Wildman–Crippen MR) is 96.9 cm³/mol. The quantitative estimate of drug-likeness (QED) is 0.777. The summed E-state index contributed by atoms with van der Waals surface area (Å²) in [6.45, 7) is 5.79. The molecule has 0 aliphatic carbocycles. The van der Waals surface area contributed by atoms with E-state index in [1.54, 1.807) is 38.1 Å². The molecule has 2 aromatic rings. The lowest BCUT2D eigenvalue weighted by atomic mass is 10.1. The van der Waals surface area contributed by atoms with Gasteiger partial charge in [0.25, 0.3) is 5.91 Å². The van der Waals surface area contributed by atoms with E-state index in [1.165, 1.54) is 5.56 Å². The molecule has 5 nitrogen and oxygen atoms in total. The number of benzene rings is 2. The maximum atomic E-state index is 12.3. The van der Waals surface area contributed by atoms with Gasteiger partial charge in [0.05, 0.1) is 12.2 Å². The molecule has 25 heavy (non-hydrogen) atoms. The van der Waals surface area contributed by atoms with Gasteiger partial charge < -0.3 is 14.8 Å². The Bertz CT molecular complexity index is 725. The maximum Gasteiger partial charge on any atom is 0.338 e. The van der Waals surface area contributed by atoms with E-state index < -0.39 is 12.1 Å². The van der Waals surface area contributed by atoms with Crippen LogP contribution in [0.3, 0.4) is 0 Å². The van der Waals surface area contributed by atoms with Crippen LogP contribution in [0.4, 0.5) is 5.69 Å². The van der Waals surface area contributed by atoms with Crippen molar-refractivity contribution in [2.24, 2.45) is 0 Å². The number of rotatable bonds is 7. The highest BCUT2D eigenvalue weighted by Gasteiger charge is 2.16. The topological polar surface area (TPSA) is 64.6 Å². The molecular formula is C20H23NO4. The van der Waals surface area contributed by atoms with Crippen LogP contribution in [0.1, 0.15) is 36.7 Å². The monoisotopic (exact) mass is 341 g/mol. The lowest BCUT2D eigenvalue weighted by Crippen LogP contribution is -2.30. The van der Waals surface area contributed by atoms with Gasteiger partial charge in [-0.3, -0.25) is 4.79 Å². The summed E-state index contributed by atoms with van der Waals surface area (Å²) in [6.07, 6.45) is 0.244. The number of amides is 1. The van der Waals surface area contributed by atoms with Crippen LogP contribution in [0.15, 0.2) is 48.5 Å². The van der Waals surface area contributed by atoms with Gasteiger partial charge in [-0.2, -0.15) is 0 Å². The third kappa shape index (κ3) is 5.35. The third-order valence-corrected chi connectivity index (χ3v) is 3.66. The van der Waals surface area contributed by atoms with Gasteiger partial charge in [-0.15, -0.1) is 0 Å². The Balaban J connectivity index is 1.98. The summed E-state index contributed by atoms with van der Waals surface area (Å²) in [7, 11) is 0. The van der Waals surface area contributed by atoms with Crippen molar-refractivity contribution in [2.45, 2.75) is 33.3 Å². The number of hydrogen-bond acceptors (Lipinski definition) is 4. The normalized spacial score (nSPS) is 11.5. The largest absolute Gasteiger partial charge is 0.481 e. The van der Waals surface area contributed by atoms with Crippen LogP contribution in [-0.4, -0.2) is 24.6 Å². The fourth-order valence-electron chi connectivity index (χ4n) is 2.24. The Kier molecular flexibility index (Phi) is 6.57. The molecule has 0 fully saturated rings. The molecule has 132 valence electrons. The number of esters is 1. The van der Waals surface area contributed by atoms with E-state index in [-0.39, 0.29) is 5.91 Å².